The number of Topliss-reactive ketones (excluding diaryl/α,β-unsaturated/α-hetero) is 1. The van der Waals surface area contributed by atoms with E-state index in [1.807, 2.05) is 19.1 Å². The quantitative estimate of drug-likeness (QED) is 0.738. The molecule has 0 heterocycles. The lowest BCUT2D eigenvalue weighted by Gasteiger charge is -2.08. The predicted molar refractivity (Wildman–Crippen MR) is 55.7 cm³/mol. The van der Waals surface area contributed by atoms with Crippen LogP contribution in [0.5, 0.6) is 5.75 Å². The van der Waals surface area contributed by atoms with Crippen LogP contribution < -0.4 is 10.5 Å². The van der Waals surface area contributed by atoms with Crippen LogP contribution in [-0.4, -0.2) is 19.4 Å². The van der Waals surface area contributed by atoms with E-state index >= 15 is 0 Å². The summed E-state index contributed by atoms with van der Waals surface area (Å²) < 4.78 is 5.13. The molecule has 76 valence electrons. The number of rotatable bonds is 4. The topological polar surface area (TPSA) is 52.3 Å². The molecule has 0 spiro atoms. The van der Waals surface area contributed by atoms with Gasteiger partial charge in [-0.1, -0.05) is 12.1 Å². The summed E-state index contributed by atoms with van der Waals surface area (Å²) in [6, 6.07) is 5.46. The van der Waals surface area contributed by atoms with Crippen LogP contribution in [0.1, 0.15) is 22.3 Å². The van der Waals surface area contributed by atoms with Crippen molar-refractivity contribution in [2.45, 2.75) is 13.3 Å². The molecule has 0 aliphatic carbocycles. The van der Waals surface area contributed by atoms with Crippen LogP contribution in [0.3, 0.4) is 0 Å². The van der Waals surface area contributed by atoms with E-state index in [9.17, 15) is 4.79 Å². The first-order chi connectivity index (χ1) is 6.70. The molecule has 0 amide bonds. The number of methoxy groups -OCH3 is 1. The number of benzene rings is 1. The Morgan fingerprint density at radius 2 is 2.21 bits per heavy atom. The van der Waals surface area contributed by atoms with Crippen LogP contribution in [0.4, 0.5) is 0 Å². The molecule has 0 saturated carbocycles. The maximum Gasteiger partial charge on any atom is 0.164 e. The molecular weight excluding hydrogens is 178 g/mol. The maximum absolute atomic E-state index is 11.6. The van der Waals surface area contributed by atoms with Gasteiger partial charge in [-0.15, -0.1) is 0 Å². The highest BCUT2D eigenvalue weighted by Crippen LogP contribution is 2.21. The Labute approximate surface area is 83.9 Å². The molecule has 1 aromatic rings. The fraction of sp³-hybridized carbons (Fsp3) is 0.364. The van der Waals surface area contributed by atoms with Crippen molar-refractivity contribution >= 4 is 5.78 Å². The Morgan fingerprint density at radius 1 is 1.50 bits per heavy atom. The summed E-state index contributed by atoms with van der Waals surface area (Å²) in [5.74, 6) is 0.816. The molecule has 0 unspecified atom stereocenters. The van der Waals surface area contributed by atoms with Crippen molar-refractivity contribution in [3.8, 4) is 5.75 Å². The molecule has 2 N–H and O–H groups in total. The first-order valence-corrected chi connectivity index (χ1v) is 4.57. The zero-order chi connectivity index (χ0) is 10.6. The Kier molecular flexibility index (Phi) is 3.65. The van der Waals surface area contributed by atoms with E-state index in [1.165, 1.54) is 0 Å². The second kappa shape index (κ2) is 4.77. The molecule has 0 aromatic heterocycles. The Balaban J connectivity index is 3.03. The smallest absolute Gasteiger partial charge is 0.164 e. The molecule has 3 heteroatoms. The lowest BCUT2D eigenvalue weighted by molar-refractivity contribution is 0.0984. The number of carbonyl (C=O) groups excluding carboxylic acids is 1. The minimum atomic E-state index is 0.0731. The number of ether oxygens (including phenoxy) is 1. The highest BCUT2D eigenvalue weighted by molar-refractivity contribution is 5.98. The van der Waals surface area contributed by atoms with Crippen molar-refractivity contribution in [1.82, 2.24) is 0 Å². The Bertz CT molecular complexity index is 334. The average molecular weight is 193 g/mol. The van der Waals surface area contributed by atoms with Gasteiger partial charge < -0.3 is 10.5 Å². The SMILES string of the molecule is COc1cccc(C(=O)CCN)c1C. The fourth-order valence-electron chi connectivity index (χ4n) is 1.40. The highest BCUT2D eigenvalue weighted by atomic mass is 16.5. The van der Waals surface area contributed by atoms with Crippen molar-refractivity contribution in [2.24, 2.45) is 5.73 Å². The zero-order valence-electron chi connectivity index (χ0n) is 8.54. The van der Waals surface area contributed by atoms with Gasteiger partial charge in [0.1, 0.15) is 5.75 Å². The van der Waals surface area contributed by atoms with Gasteiger partial charge in [-0.2, -0.15) is 0 Å². The number of hydrogen-bond donors (Lipinski definition) is 1. The van der Waals surface area contributed by atoms with E-state index < -0.39 is 0 Å². The zero-order valence-corrected chi connectivity index (χ0v) is 8.54. The van der Waals surface area contributed by atoms with Gasteiger partial charge in [0.25, 0.3) is 0 Å². The molecule has 0 fully saturated rings. The third kappa shape index (κ3) is 2.12. The summed E-state index contributed by atoms with van der Waals surface area (Å²) >= 11 is 0. The minimum Gasteiger partial charge on any atom is -0.496 e. The predicted octanol–water partition coefficient (Wildman–Crippen LogP) is 1.54. The van der Waals surface area contributed by atoms with Crippen LogP contribution in [0.25, 0.3) is 0 Å². The van der Waals surface area contributed by atoms with Gasteiger partial charge in [0.15, 0.2) is 5.78 Å². The van der Waals surface area contributed by atoms with Crippen LogP contribution in [0.15, 0.2) is 18.2 Å². The lowest BCUT2D eigenvalue weighted by Crippen LogP contribution is -2.09. The highest BCUT2D eigenvalue weighted by Gasteiger charge is 2.10. The summed E-state index contributed by atoms with van der Waals surface area (Å²) in [5, 5.41) is 0. The Hall–Kier alpha value is -1.35. The monoisotopic (exact) mass is 193 g/mol. The van der Waals surface area contributed by atoms with Crippen molar-refractivity contribution < 1.29 is 9.53 Å². The number of carbonyl (C=O) groups is 1. The molecule has 0 bridgehead atoms. The number of ketones is 1. The number of nitrogens with two attached hydrogens (primary N) is 1. The van der Waals surface area contributed by atoms with Crippen LogP contribution in [0.2, 0.25) is 0 Å². The van der Waals surface area contributed by atoms with E-state index in [2.05, 4.69) is 0 Å². The molecule has 0 saturated heterocycles. The molecule has 0 atom stereocenters. The number of hydrogen-bond acceptors (Lipinski definition) is 3. The second-order valence-electron chi connectivity index (χ2n) is 3.09. The molecule has 1 aromatic carbocycles. The molecule has 3 nitrogen and oxygen atoms in total. The summed E-state index contributed by atoms with van der Waals surface area (Å²) in [6.07, 6.45) is 0.383. The fourth-order valence-corrected chi connectivity index (χ4v) is 1.40. The van der Waals surface area contributed by atoms with Crippen molar-refractivity contribution in [3.63, 3.8) is 0 Å². The maximum atomic E-state index is 11.6. The standard InChI is InChI=1S/C11H15NO2/c1-8-9(10(13)6-7-12)4-3-5-11(8)14-2/h3-5H,6-7,12H2,1-2H3. The molecule has 0 radical (unpaired) electrons. The van der Waals surface area contributed by atoms with Crippen molar-refractivity contribution in [3.05, 3.63) is 29.3 Å². The first kappa shape index (κ1) is 10.7. The van der Waals surface area contributed by atoms with E-state index in [0.29, 0.717) is 18.5 Å². The molecular formula is C11H15NO2. The van der Waals surface area contributed by atoms with E-state index in [-0.39, 0.29) is 5.78 Å². The van der Waals surface area contributed by atoms with E-state index in [0.717, 1.165) is 11.3 Å². The molecule has 0 aliphatic rings. The third-order valence-corrected chi connectivity index (χ3v) is 2.18. The average Bonchev–Trinajstić information content (AvgIpc) is 2.18. The summed E-state index contributed by atoms with van der Waals surface area (Å²) in [4.78, 5) is 11.6. The second-order valence-corrected chi connectivity index (χ2v) is 3.09. The first-order valence-electron chi connectivity index (χ1n) is 4.57. The van der Waals surface area contributed by atoms with Gasteiger partial charge in [-0.25, -0.2) is 0 Å². The van der Waals surface area contributed by atoms with E-state index in [4.69, 9.17) is 10.5 Å². The summed E-state index contributed by atoms with van der Waals surface area (Å²) in [6.45, 7) is 2.26. The van der Waals surface area contributed by atoms with Crippen molar-refractivity contribution in [2.75, 3.05) is 13.7 Å². The van der Waals surface area contributed by atoms with Gasteiger partial charge in [-0.05, 0) is 19.5 Å². The van der Waals surface area contributed by atoms with Crippen LogP contribution >= 0.6 is 0 Å². The van der Waals surface area contributed by atoms with Crippen molar-refractivity contribution in [1.29, 1.82) is 0 Å². The van der Waals surface area contributed by atoms with Crippen LogP contribution in [-0.2, 0) is 0 Å². The van der Waals surface area contributed by atoms with Crippen LogP contribution in [0, 0.1) is 6.92 Å². The molecule has 14 heavy (non-hydrogen) atoms. The molecule has 0 aliphatic heterocycles. The van der Waals surface area contributed by atoms with Gasteiger partial charge >= 0.3 is 0 Å². The lowest BCUT2D eigenvalue weighted by atomic mass is 10.0. The van der Waals surface area contributed by atoms with Gasteiger partial charge in [0.2, 0.25) is 0 Å². The van der Waals surface area contributed by atoms with Gasteiger partial charge in [-0.3, -0.25) is 4.79 Å². The minimum absolute atomic E-state index is 0.0731. The largest absolute Gasteiger partial charge is 0.496 e. The van der Waals surface area contributed by atoms with Gasteiger partial charge in [0, 0.05) is 17.5 Å². The molecule has 1 rings (SSSR count). The normalized spacial score (nSPS) is 9.93. The third-order valence-electron chi connectivity index (χ3n) is 2.18. The summed E-state index contributed by atoms with van der Waals surface area (Å²) in [7, 11) is 1.60. The van der Waals surface area contributed by atoms with E-state index in [1.54, 1.807) is 13.2 Å². The summed E-state index contributed by atoms with van der Waals surface area (Å²) in [5.41, 5.74) is 6.92. The van der Waals surface area contributed by atoms with Gasteiger partial charge in [0.05, 0.1) is 7.11 Å². The Morgan fingerprint density at radius 3 is 2.79 bits per heavy atom.